The number of nitrogens with zero attached hydrogens (tertiary/aromatic N) is 1. The monoisotopic (exact) mass is 523 g/mol. The summed E-state index contributed by atoms with van der Waals surface area (Å²) in [5.41, 5.74) is 2.08. The van der Waals surface area contributed by atoms with Crippen LogP contribution in [0.25, 0.3) is 0 Å². The predicted molar refractivity (Wildman–Crippen MR) is 152 cm³/mol. The lowest BCUT2D eigenvalue weighted by molar-refractivity contribution is -0.142. The normalized spacial score (nSPS) is 12.8. The number of carbonyl (C=O) groups excluding carboxylic acids is 3. The van der Waals surface area contributed by atoms with Gasteiger partial charge in [-0.05, 0) is 52.2 Å². The molecule has 2 atom stereocenters. The molecule has 38 heavy (non-hydrogen) atoms. The lowest BCUT2D eigenvalue weighted by Gasteiger charge is -2.34. The SMILES string of the molecule is CCCCCCCN(C(=O)C(C)NC(=O)OC(C)(C)C)C(C(=O)NCc1ccccc1)c1ccc(C)cc1. The molecule has 2 rings (SSSR count). The van der Waals surface area contributed by atoms with E-state index in [1.807, 2.05) is 61.5 Å². The molecule has 0 fully saturated rings. The molecule has 0 heterocycles. The Balaban J connectivity index is 2.33. The van der Waals surface area contributed by atoms with Gasteiger partial charge >= 0.3 is 6.09 Å². The quantitative estimate of drug-likeness (QED) is 0.312. The van der Waals surface area contributed by atoms with Crippen molar-refractivity contribution in [2.45, 2.75) is 97.9 Å². The van der Waals surface area contributed by atoms with E-state index in [0.717, 1.165) is 48.8 Å². The maximum atomic E-state index is 13.8. The fraction of sp³-hybridized carbons (Fsp3) is 0.516. The van der Waals surface area contributed by atoms with Crippen molar-refractivity contribution >= 4 is 17.9 Å². The second kappa shape index (κ2) is 15.2. The molecule has 7 nitrogen and oxygen atoms in total. The van der Waals surface area contributed by atoms with E-state index in [4.69, 9.17) is 4.74 Å². The van der Waals surface area contributed by atoms with Gasteiger partial charge < -0.3 is 20.3 Å². The van der Waals surface area contributed by atoms with E-state index >= 15 is 0 Å². The van der Waals surface area contributed by atoms with Crippen LogP contribution in [-0.2, 0) is 20.9 Å². The number of hydrogen-bond acceptors (Lipinski definition) is 4. The first-order valence-electron chi connectivity index (χ1n) is 13.7. The molecule has 0 bridgehead atoms. The Morgan fingerprint density at radius 3 is 2.16 bits per heavy atom. The minimum Gasteiger partial charge on any atom is -0.444 e. The van der Waals surface area contributed by atoms with E-state index < -0.39 is 23.8 Å². The largest absolute Gasteiger partial charge is 0.444 e. The summed E-state index contributed by atoms with van der Waals surface area (Å²) < 4.78 is 5.36. The fourth-order valence-electron chi connectivity index (χ4n) is 4.15. The van der Waals surface area contributed by atoms with Gasteiger partial charge in [0.25, 0.3) is 0 Å². The molecule has 0 aliphatic rings. The van der Waals surface area contributed by atoms with Crippen molar-refractivity contribution in [2.24, 2.45) is 0 Å². The smallest absolute Gasteiger partial charge is 0.408 e. The summed E-state index contributed by atoms with van der Waals surface area (Å²) in [5, 5.41) is 5.68. The van der Waals surface area contributed by atoms with Crippen LogP contribution in [0.4, 0.5) is 4.79 Å². The second-order valence-electron chi connectivity index (χ2n) is 10.8. The number of carbonyl (C=O) groups is 3. The van der Waals surface area contributed by atoms with Gasteiger partial charge in [0, 0.05) is 13.1 Å². The third-order valence-corrected chi connectivity index (χ3v) is 6.15. The highest BCUT2D eigenvalue weighted by atomic mass is 16.6. The van der Waals surface area contributed by atoms with Crippen molar-refractivity contribution in [1.29, 1.82) is 0 Å². The van der Waals surface area contributed by atoms with E-state index in [2.05, 4.69) is 17.6 Å². The number of rotatable bonds is 13. The zero-order chi connectivity index (χ0) is 28.1. The molecule has 0 saturated heterocycles. The Hall–Kier alpha value is -3.35. The van der Waals surface area contributed by atoms with Gasteiger partial charge in [-0.2, -0.15) is 0 Å². The van der Waals surface area contributed by atoms with E-state index in [1.165, 1.54) is 0 Å². The Labute approximate surface area is 228 Å². The number of benzene rings is 2. The van der Waals surface area contributed by atoms with E-state index in [0.29, 0.717) is 13.1 Å². The van der Waals surface area contributed by atoms with Crippen LogP contribution in [0.5, 0.6) is 0 Å². The molecular weight excluding hydrogens is 478 g/mol. The van der Waals surface area contributed by atoms with Crippen LogP contribution < -0.4 is 10.6 Å². The highest BCUT2D eigenvalue weighted by Crippen LogP contribution is 2.24. The van der Waals surface area contributed by atoms with E-state index in [9.17, 15) is 14.4 Å². The summed E-state index contributed by atoms with van der Waals surface area (Å²) in [6.45, 7) is 11.8. The summed E-state index contributed by atoms with van der Waals surface area (Å²) >= 11 is 0. The van der Waals surface area contributed by atoms with Gasteiger partial charge in [0.05, 0.1) is 0 Å². The van der Waals surface area contributed by atoms with Crippen LogP contribution in [0.3, 0.4) is 0 Å². The average Bonchev–Trinajstić information content (AvgIpc) is 2.86. The number of ether oxygens (including phenoxy) is 1. The van der Waals surface area contributed by atoms with Gasteiger partial charge in [0.15, 0.2) is 0 Å². The number of unbranched alkanes of at least 4 members (excludes halogenated alkanes) is 4. The Morgan fingerprint density at radius 2 is 1.55 bits per heavy atom. The fourth-order valence-corrected chi connectivity index (χ4v) is 4.15. The molecule has 0 saturated carbocycles. The molecule has 208 valence electrons. The third kappa shape index (κ3) is 10.6. The zero-order valence-electron chi connectivity index (χ0n) is 23.9. The van der Waals surface area contributed by atoms with Gasteiger partial charge in [-0.3, -0.25) is 9.59 Å². The van der Waals surface area contributed by atoms with Crippen molar-refractivity contribution in [1.82, 2.24) is 15.5 Å². The number of amides is 3. The molecule has 0 spiro atoms. The van der Waals surface area contributed by atoms with Gasteiger partial charge in [0.2, 0.25) is 11.8 Å². The molecule has 0 aromatic heterocycles. The lowest BCUT2D eigenvalue weighted by Crippen LogP contribution is -2.52. The van der Waals surface area contributed by atoms with E-state index in [1.54, 1.807) is 32.6 Å². The van der Waals surface area contributed by atoms with Crippen LogP contribution >= 0.6 is 0 Å². The van der Waals surface area contributed by atoms with Crippen LogP contribution in [0.2, 0.25) is 0 Å². The van der Waals surface area contributed by atoms with Crippen molar-refractivity contribution < 1.29 is 19.1 Å². The van der Waals surface area contributed by atoms with Gasteiger partial charge in [-0.15, -0.1) is 0 Å². The summed E-state index contributed by atoms with van der Waals surface area (Å²) in [6.07, 6.45) is 4.37. The standard InChI is InChI=1S/C31H45N3O4/c1-7-8-9-10-14-21-34(29(36)24(3)33-30(37)38-31(4,5)6)27(26-19-17-23(2)18-20-26)28(35)32-22-25-15-12-11-13-16-25/h11-13,15-20,24,27H,7-10,14,21-22H2,1-6H3,(H,32,35)(H,33,37). The van der Waals surface area contributed by atoms with Crippen LogP contribution in [-0.4, -0.2) is 41.0 Å². The molecule has 3 amide bonds. The Kier molecular flexibility index (Phi) is 12.3. The zero-order valence-corrected chi connectivity index (χ0v) is 23.9. The number of aryl methyl sites for hydroxylation is 1. The second-order valence-corrected chi connectivity index (χ2v) is 10.8. The van der Waals surface area contributed by atoms with Crippen molar-refractivity contribution in [3.05, 3.63) is 71.3 Å². The minimum atomic E-state index is -0.865. The molecular formula is C31H45N3O4. The van der Waals surface area contributed by atoms with E-state index in [-0.39, 0.29) is 11.8 Å². The van der Waals surface area contributed by atoms with Crippen LogP contribution in [0.1, 0.15) is 89.5 Å². The molecule has 2 aromatic rings. The summed E-state index contributed by atoms with van der Waals surface area (Å²) in [4.78, 5) is 41.5. The Bertz CT molecular complexity index is 1020. The van der Waals surface area contributed by atoms with Gasteiger partial charge in [-0.25, -0.2) is 4.79 Å². The number of nitrogens with one attached hydrogen (secondary N) is 2. The first-order chi connectivity index (χ1) is 18.0. The molecule has 7 heteroatoms. The van der Waals surface area contributed by atoms with Gasteiger partial charge in [0.1, 0.15) is 17.7 Å². The molecule has 0 aliphatic carbocycles. The van der Waals surface area contributed by atoms with Crippen molar-refractivity contribution in [2.75, 3.05) is 6.54 Å². The number of alkyl carbamates (subject to hydrolysis) is 1. The summed E-state index contributed by atoms with van der Waals surface area (Å²) in [7, 11) is 0. The average molecular weight is 524 g/mol. The molecule has 2 unspecified atom stereocenters. The van der Waals surface area contributed by atoms with Crippen LogP contribution in [0, 0.1) is 6.92 Å². The van der Waals surface area contributed by atoms with Crippen LogP contribution in [0.15, 0.2) is 54.6 Å². The highest BCUT2D eigenvalue weighted by molar-refractivity contribution is 5.92. The first-order valence-corrected chi connectivity index (χ1v) is 13.7. The van der Waals surface area contributed by atoms with Gasteiger partial charge in [-0.1, -0.05) is 92.8 Å². The lowest BCUT2D eigenvalue weighted by atomic mass is 10.0. The topological polar surface area (TPSA) is 87.7 Å². The Morgan fingerprint density at radius 1 is 0.921 bits per heavy atom. The molecule has 0 aliphatic heterocycles. The molecule has 2 aromatic carbocycles. The molecule has 2 N–H and O–H groups in total. The first kappa shape index (κ1) is 30.9. The third-order valence-electron chi connectivity index (χ3n) is 6.15. The van der Waals surface area contributed by atoms with Crippen molar-refractivity contribution in [3.63, 3.8) is 0 Å². The van der Waals surface area contributed by atoms with Crippen molar-refractivity contribution in [3.8, 4) is 0 Å². The summed E-state index contributed by atoms with van der Waals surface area (Å²) in [5.74, 6) is -0.587. The minimum absolute atomic E-state index is 0.260. The number of hydrogen-bond donors (Lipinski definition) is 2. The maximum absolute atomic E-state index is 13.8. The molecule has 0 radical (unpaired) electrons. The maximum Gasteiger partial charge on any atom is 0.408 e. The predicted octanol–water partition coefficient (Wildman–Crippen LogP) is 6.06. The summed E-state index contributed by atoms with van der Waals surface area (Å²) in [6, 6.07) is 15.7. The highest BCUT2D eigenvalue weighted by Gasteiger charge is 2.34.